The summed E-state index contributed by atoms with van der Waals surface area (Å²) in [4.78, 5) is 4.46. The minimum absolute atomic E-state index is 0.108. The molecular weight excluding hydrogens is 220 g/mol. The van der Waals surface area contributed by atoms with Gasteiger partial charge in [0.25, 0.3) is 0 Å². The molecule has 4 nitrogen and oxygen atoms in total. The minimum atomic E-state index is -0.108. The van der Waals surface area contributed by atoms with Gasteiger partial charge in [0.05, 0.1) is 5.54 Å². The van der Waals surface area contributed by atoms with Gasteiger partial charge in [-0.25, -0.2) is 4.98 Å². The maximum atomic E-state index is 5.82. The Bertz CT molecular complexity index is 324. The number of nitrogens with two attached hydrogens (primary N) is 1. The molecule has 3 N–H and O–H groups in total. The maximum Gasteiger partial charge on any atom is 0.203 e. The number of hydrogen-bond acceptors (Lipinski definition) is 5. The van der Waals surface area contributed by atoms with Crippen LogP contribution in [0.4, 0.5) is 5.13 Å². The van der Waals surface area contributed by atoms with E-state index >= 15 is 0 Å². The Morgan fingerprint density at radius 3 is 2.69 bits per heavy atom. The molecule has 0 aliphatic heterocycles. The van der Waals surface area contributed by atoms with Gasteiger partial charge >= 0.3 is 0 Å². The molecule has 0 aliphatic carbocycles. The van der Waals surface area contributed by atoms with Crippen LogP contribution in [0.1, 0.15) is 39.9 Å². The summed E-state index contributed by atoms with van der Waals surface area (Å²) in [5.41, 5.74) is 5.71. The Balaban J connectivity index is 2.70. The number of nitrogens with one attached hydrogen (secondary N) is 1. The van der Waals surface area contributed by atoms with E-state index in [1.807, 2.05) is 0 Å². The largest absolute Gasteiger partial charge is 0.354 e. The third-order valence-electron chi connectivity index (χ3n) is 3.03. The first kappa shape index (κ1) is 13.4. The van der Waals surface area contributed by atoms with E-state index in [4.69, 9.17) is 5.73 Å². The van der Waals surface area contributed by atoms with Crippen LogP contribution in [-0.2, 0) is 6.42 Å². The van der Waals surface area contributed by atoms with Gasteiger partial charge in [-0.3, -0.25) is 0 Å². The van der Waals surface area contributed by atoms with Gasteiger partial charge < -0.3 is 11.1 Å². The fraction of sp³-hybridized carbons (Fsp3) is 0.818. The van der Waals surface area contributed by atoms with Gasteiger partial charge in [-0.05, 0) is 19.3 Å². The van der Waals surface area contributed by atoms with Crippen LogP contribution >= 0.6 is 11.5 Å². The second kappa shape index (κ2) is 5.59. The highest BCUT2D eigenvalue weighted by atomic mass is 32.1. The van der Waals surface area contributed by atoms with Gasteiger partial charge in [0.2, 0.25) is 5.13 Å². The van der Waals surface area contributed by atoms with E-state index in [1.165, 1.54) is 11.5 Å². The number of anilines is 1. The predicted molar refractivity (Wildman–Crippen MR) is 69.8 cm³/mol. The van der Waals surface area contributed by atoms with Crippen molar-refractivity contribution in [1.29, 1.82) is 0 Å². The third kappa shape index (κ3) is 3.15. The summed E-state index contributed by atoms with van der Waals surface area (Å²) in [6.07, 6.45) is 2.02. The zero-order valence-electron chi connectivity index (χ0n) is 10.6. The molecule has 0 fully saturated rings. The van der Waals surface area contributed by atoms with Crippen molar-refractivity contribution in [2.24, 2.45) is 11.7 Å². The lowest BCUT2D eigenvalue weighted by Gasteiger charge is -2.33. The van der Waals surface area contributed by atoms with Crippen LogP contribution in [-0.4, -0.2) is 21.4 Å². The summed E-state index contributed by atoms with van der Waals surface area (Å²) in [5.74, 6) is 1.38. The quantitative estimate of drug-likeness (QED) is 0.803. The first-order chi connectivity index (χ1) is 7.51. The number of rotatable bonds is 6. The molecule has 16 heavy (non-hydrogen) atoms. The molecule has 0 bridgehead atoms. The highest BCUT2D eigenvalue weighted by Gasteiger charge is 2.27. The van der Waals surface area contributed by atoms with Gasteiger partial charge in [-0.15, -0.1) is 0 Å². The van der Waals surface area contributed by atoms with Gasteiger partial charge in [0, 0.05) is 24.5 Å². The molecule has 0 aliphatic rings. The van der Waals surface area contributed by atoms with Crippen LogP contribution < -0.4 is 11.1 Å². The van der Waals surface area contributed by atoms with Gasteiger partial charge in [0.1, 0.15) is 5.82 Å². The molecule has 1 rings (SSSR count). The Hall–Kier alpha value is -0.680. The monoisotopic (exact) mass is 242 g/mol. The molecule has 0 saturated carbocycles. The number of nitrogens with zero attached hydrogens (tertiary/aromatic N) is 2. The average Bonchev–Trinajstić information content (AvgIpc) is 2.65. The van der Waals surface area contributed by atoms with Gasteiger partial charge in [-0.2, -0.15) is 4.37 Å². The Morgan fingerprint density at radius 2 is 2.19 bits per heavy atom. The standard InChI is InChI=1S/C11H22N4S/c1-5-6-9-13-10(16-15-9)14-11(4,7-12)8(2)3/h8H,5-7,12H2,1-4H3,(H,13,14,15). The molecule has 1 aromatic heterocycles. The topological polar surface area (TPSA) is 63.8 Å². The van der Waals surface area contributed by atoms with Crippen LogP contribution in [0.5, 0.6) is 0 Å². The second-order valence-electron chi connectivity index (χ2n) is 4.67. The van der Waals surface area contributed by atoms with Crippen LogP contribution in [0.2, 0.25) is 0 Å². The van der Waals surface area contributed by atoms with Crippen molar-refractivity contribution < 1.29 is 0 Å². The van der Waals surface area contributed by atoms with E-state index in [2.05, 4.69) is 42.4 Å². The van der Waals surface area contributed by atoms with Crippen molar-refractivity contribution in [3.63, 3.8) is 0 Å². The molecule has 1 unspecified atom stereocenters. The fourth-order valence-electron chi connectivity index (χ4n) is 1.31. The summed E-state index contributed by atoms with van der Waals surface area (Å²) in [7, 11) is 0. The highest BCUT2D eigenvalue weighted by Crippen LogP contribution is 2.23. The first-order valence-electron chi connectivity index (χ1n) is 5.82. The molecule has 0 amide bonds. The molecule has 1 aromatic rings. The zero-order valence-corrected chi connectivity index (χ0v) is 11.4. The number of aromatic nitrogens is 2. The molecule has 0 radical (unpaired) electrons. The lowest BCUT2D eigenvalue weighted by Crippen LogP contribution is -2.47. The molecule has 0 aromatic carbocycles. The summed E-state index contributed by atoms with van der Waals surface area (Å²) < 4.78 is 4.31. The Morgan fingerprint density at radius 1 is 1.50 bits per heavy atom. The lowest BCUT2D eigenvalue weighted by atomic mass is 9.89. The zero-order chi connectivity index (χ0) is 12.2. The molecule has 1 heterocycles. The summed E-state index contributed by atoms with van der Waals surface area (Å²) in [6.45, 7) is 9.17. The first-order valence-corrected chi connectivity index (χ1v) is 6.60. The SMILES string of the molecule is CCCc1nsc(NC(C)(CN)C(C)C)n1. The second-order valence-corrected chi connectivity index (χ2v) is 5.42. The normalized spacial score (nSPS) is 15.1. The minimum Gasteiger partial charge on any atom is -0.354 e. The van der Waals surface area contributed by atoms with Crippen molar-refractivity contribution in [3.8, 4) is 0 Å². The van der Waals surface area contributed by atoms with Gasteiger partial charge in [-0.1, -0.05) is 20.8 Å². The maximum absolute atomic E-state index is 5.82. The third-order valence-corrected chi connectivity index (χ3v) is 3.70. The molecule has 1 atom stereocenters. The van der Waals surface area contributed by atoms with Crippen molar-refractivity contribution in [3.05, 3.63) is 5.82 Å². The van der Waals surface area contributed by atoms with E-state index < -0.39 is 0 Å². The van der Waals surface area contributed by atoms with Gasteiger partial charge in [0.15, 0.2) is 0 Å². The summed E-state index contributed by atoms with van der Waals surface area (Å²) in [6, 6.07) is 0. The van der Waals surface area contributed by atoms with Crippen molar-refractivity contribution in [1.82, 2.24) is 9.36 Å². The highest BCUT2D eigenvalue weighted by molar-refractivity contribution is 7.09. The van der Waals surface area contributed by atoms with E-state index in [9.17, 15) is 0 Å². The Labute approximate surface area is 102 Å². The Kier molecular flexibility index (Phi) is 4.68. The smallest absolute Gasteiger partial charge is 0.203 e. The van der Waals surface area contributed by atoms with Crippen LogP contribution in [0, 0.1) is 5.92 Å². The fourth-order valence-corrected chi connectivity index (χ4v) is 2.05. The van der Waals surface area contributed by atoms with Crippen molar-refractivity contribution in [2.75, 3.05) is 11.9 Å². The summed E-state index contributed by atoms with van der Waals surface area (Å²) in [5, 5.41) is 4.28. The predicted octanol–water partition coefficient (Wildman–Crippen LogP) is 2.28. The molecule has 92 valence electrons. The molecule has 0 spiro atoms. The van der Waals surface area contributed by atoms with E-state index in [0.29, 0.717) is 12.5 Å². The van der Waals surface area contributed by atoms with Crippen molar-refractivity contribution >= 4 is 16.7 Å². The molecule has 5 heteroatoms. The van der Waals surface area contributed by atoms with Crippen LogP contribution in [0.3, 0.4) is 0 Å². The summed E-state index contributed by atoms with van der Waals surface area (Å²) >= 11 is 1.42. The molecular formula is C11H22N4S. The van der Waals surface area contributed by atoms with E-state index in [1.54, 1.807) is 0 Å². The van der Waals surface area contributed by atoms with Crippen molar-refractivity contribution in [2.45, 2.75) is 46.1 Å². The lowest BCUT2D eigenvalue weighted by molar-refractivity contribution is 0.382. The van der Waals surface area contributed by atoms with E-state index in [0.717, 1.165) is 23.8 Å². The van der Waals surface area contributed by atoms with Crippen LogP contribution in [0.25, 0.3) is 0 Å². The van der Waals surface area contributed by atoms with Crippen LogP contribution in [0.15, 0.2) is 0 Å². The molecule has 0 saturated heterocycles. The number of aryl methyl sites for hydroxylation is 1. The number of hydrogen-bond donors (Lipinski definition) is 2. The average molecular weight is 242 g/mol. The van der Waals surface area contributed by atoms with E-state index in [-0.39, 0.29) is 5.54 Å².